The van der Waals surface area contributed by atoms with Gasteiger partial charge in [-0.2, -0.15) is 11.0 Å². The maximum atomic E-state index is 13.8. The summed E-state index contributed by atoms with van der Waals surface area (Å²) in [6.45, 7) is 4.82. The number of hydroxylamine groups is 3. The standard InChI is InChI=1S/C42H55N5O10/c1-30(28-37(48)54-3)27-31(2)29-43-38(49)35(23-13-15-25-44-55-40(51)32-17-7-4-8-18-32)46-39(50)36(47-57-42(53)34-21-11-6-12-22-34)24-14-16-26-45-56-41(52)33-19-9-5-10-20-33/h4-12,17-22,30-31,35-36,44-45,47H,13-16,23-29H2,1-3H3,(H,43,49)(H,46,50). The fourth-order valence-electron chi connectivity index (χ4n) is 5.75. The zero-order valence-corrected chi connectivity index (χ0v) is 32.8. The third kappa shape index (κ3) is 18.2. The largest absolute Gasteiger partial charge is 0.469 e. The van der Waals surface area contributed by atoms with Crippen molar-refractivity contribution >= 4 is 35.7 Å². The number of nitrogens with one attached hydrogen (secondary N) is 5. The molecule has 3 rings (SSSR count). The van der Waals surface area contributed by atoms with Gasteiger partial charge in [0.15, 0.2) is 0 Å². The molecule has 0 aliphatic rings. The molecule has 0 aromatic heterocycles. The van der Waals surface area contributed by atoms with Crippen LogP contribution in [0.1, 0.15) is 96.3 Å². The van der Waals surface area contributed by atoms with Gasteiger partial charge in [-0.3, -0.25) is 14.4 Å². The van der Waals surface area contributed by atoms with Gasteiger partial charge in [0.25, 0.3) is 0 Å². The van der Waals surface area contributed by atoms with Crippen LogP contribution in [0.4, 0.5) is 0 Å². The molecule has 0 radical (unpaired) electrons. The third-order valence-corrected chi connectivity index (χ3v) is 8.82. The summed E-state index contributed by atoms with van der Waals surface area (Å²) in [5, 5.41) is 5.77. The monoisotopic (exact) mass is 789 g/mol. The quantitative estimate of drug-likeness (QED) is 0.0328. The molecule has 0 fully saturated rings. The molecule has 0 bridgehead atoms. The second-order valence-electron chi connectivity index (χ2n) is 13.7. The van der Waals surface area contributed by atoms with Crippen LogP contribution in [0.5, 0.6) is 0 Å². The van der Waals surface area contributed by atoms with Crippen LogP contribution in [-0.2, 0) is 33.6 Å². The number of carbonyl (C=O) groups is 6. The highest BCUT2D eigenvalue weighted by molar-refractivity contribution is 5.91. The van der Waals surface area contributed by atoms with Crippen molar-refractivity contribution in [2.45, 2.75) is 77.3 Å². The Morgan fingerprint density at radius 3 is 1.49 bits per heavy atom. The Morgan fingerprint density at radius 2 is 1.02 bits per heavy atom. The van der Waals surface area contributed by atoms with Crippen LogP contribution < -0.4 is 27.1 Å². The first-order valence-electron chi connectivity index (χ1n) is 19.2. The first-order valence-corrected chi connectivity index (χ1v) is 19.2. The van der Waals surface area contributed by atoms with E-state index in [1.165, 1.54) is 7.11 Å². The van der Waals surface area contributed by atoms with Crippen LogP contribution in [0.3, 0.4) is 0 Å². The predicted octanol–water partition coefficient (Wildman–Crippen LogP) is 4.61. The van der Waals surface area contributed by atoms with E-state index in [2.05, 4.69) is 27.1 Å². The number of hydrogen-bond donors (Lipinski definition) is 5. The molecule has 0 aliphatic heterocycles. The zero-order valence-electron chi connectivity index (χ0n) is 32.8. The van der Waals surface area contributed by atoms with Crippen molar-refractivity contribution < 1.29 is 48.0 Å². The Bertz CT molecular complexity index is 1680. The smallest absolute Gasteiger partial charge is 0.356 e. The maximum Gasteiger partial charge on any atom is 0.356 e. The average molecular weight is 790 g/mol. The lowest BCUT2D eigenvalue weighted by atomic mass is 9.94. The Hall–Kier alpha value is -5.64. The van der Waals surface area contributed by atoms with Crippen LogP contribution >= 0.6 is 0 Å². The lowest BCUT2D eigenvalue weighted by Gasteiger charge is -2.24. The molecule has 3 aromatic carbocycles. The summed E-state index contributed by atoms with van der Waals surface area (Å²) < 4.78 is 4.77. The normalized spacial score (nSPS) is 12.9. The van der Waals surface area contributed by atoms with Gasteiger partial charge >= 0.3 is 23.9 Å². The van der Waals surface area contributed by atoms with Gasteiger partial charge in [0.2, 0.25) is 11.8 Å². The summed E-state index contributed by atoms with van der Waals surface area (Å²) in [6, 6.07) is 23.4. The molecular formula is C42H55N5O10. The molecule has 5 N–H and O–H groups in total. The van der Waals surface area contributed by atoms with Crippen LogP contribution in [0.15, 0.2) is 91.0 Å². The van der Waals surface area contributed by atoms with E-state index in [0.29, 0.717) is 62.9 Å². The maximum absolute atomic E-state index is 13.8. The molecule has 0 saturated heterocycles. The lowest BCUT2D eigenvalue weighted by Crippen LogP contribution is -2.53. The highest BCUT2D eigenvalue weighted by atomic mass is 16.7. The average Bonchev–Trinajstić information content (AvgIpc) is 3.23. The SMILES string of the molecule is COC(=O)CC(C)CC(C)CNC(=O)C(CCCCNOC(=O)c1ccccc1)NC(=O)C(CCCCNOC(=O)c1ccccc1)NOC(=O)c1ccccc1. The summed E-state index contributed by atoms with van der Waals surface area (Å²) >= 11 is 0. The molecule has 15 nitrogen and oxygen atoms in total. The van der Waals surface area contributed by atoms with Gasteiger partial charge in [0, 0.05) is 26.1 Å². The van der Waals surface area contributed by atoms with E-state index < -0.39 is 41.8 Å². The van der Waals surface area contributed by atoms with Crippen molar-refractivity contribution in [1.29, 1.82) is 0 Å². The zero-order chi connectivity index (χ0) is 41.3. The number of methoxy groups -OCH3 is 1. The number of benzene rings is 3. The third-order valence-electron chi connectivity index (χ3n) is 8.82. The Balaban J connectivity index is 1.60. The number of hydrogen-bond acceptors (Lipinski definition) is 13. The molecule has 4 atom stereocenters. The van der Waals surface area contributed by atoms with E-state index in [4.69, 9.17) is 19.2 Å². The summed E-state index contributed by atoms with van der Waals surface area (Å²) in [5.41, 5.74) is 8.97. The highest BCUT2D eigenvalue weighted by Crippen LogP contribution is 2.16. The molecule has 0 saturated carbocycles. The minimum atomic E-state index is -1.03. The lowest BCUT2D eigenvalue weighted by molar-refractivity contribution is -0.141. The number of rotatable bonds is 26. The van der Waals surface area contributed by atoms with Crippen LogP contribution in [0.25, 0.3) is 0 Å². The second-order valence-corrected chi connectivity index (χ2v) is 13.7. The van der Waals surface area contributed by atoms with Gasteiger partial charge in [-0.1, -0.05) is 68.4 Å². The van der Waals surface area contributed by atoms with Gasteiger partial charge in [-0.05, 0) is 93.2 Å². The van der Waals surface area contributed by atoms with E-state index >= 15 is 0 Å². The van der Waals surface area contributed by atoms with Crippen molar-refractivity contribution in [2.24, 2.45) is 11.8 Å². The van der Waals surface area contributed by atoms with Gasteiger partial charge in [-0.15, -0.1) is 5.48 Å². The number of ether oxygens (including phenoxy) is 1. The molecule has 0 aliphatic carbocycles. The molecule has 15 heteroatoms. The van der Waals surface area contributed by atoms with E-state index in [-0.39, 0.29) is 42.6 Å². The van der Waals surface area contributed by atoms with Crippen molar-refractivity contribution in [1.82, 2.24) is 27.1 Å². The van der Waals surface area contributed by atoms with Gasteiger partial charge in [0.05, 0.1) is 23.8 Å². The fourth-order valence-corrected chi connectivity index (χ4v) is 5.75. The van der Waals surface area contributed by atoms with Crippen LogP contribution in [0.2, 0.25) is 0 Å². The minimum Gasteiger partial charge on any atom is -0.469 e. The van der Waals surface area contributed by atoms with E-state index in [1.807, 2.05) is 13.8 Å². The van der Waals surface area contributed by atoms with Crippen molar-refractivity contribution in [2.75, 3.05) is 26.7 Å². The Morgan fingerprint density at radius 1 is 0.561 bits per heavy atom. The fraction of sp³-hybridized carbons (Fsp3) is 0.429. The number of carbonyl (C=O) groups excluding carboxylic acids is 6. The van der Waals surface area contributed by atoms with E-state index in [9.17, 15) is 28.8 Å². The van der Waals surface area contributed by atoms with E-state index in [0.717, 1.165) is 0 Å². The second kappa shape index (κ2) is 26.3. The molecule has 4 unspecified atom stereocenters. The summed E-state index contributed by atoms with van der Waals surface area (Å²) in [5.74, 6) is -2.93. The van der Waals surface area contributed by atoms with Crippen molar-refractivity contribution in [3.63, 3.8) is 0 Å². The van der Waals surface area contributed by atoms with Gasteiger partial charge in [0.1, 0.15) is 12.1 Å². The number of amides is 2. The minimum absolute atomic E-state index is 0.0286. The Kier molecular flexibility index (Phi) is 21.1. The molecule has 0 heterocycles. The number of esters is 1. The van der Waals surface area contributed by atoms with Crippen LogP contribution in [0, 0.1) is 11.8 Å². The molecule has 3 aromatic rings. The van der Waals surface area contributed by atoms with Crippen LogP contribution in [-0.4, -0.2) is 74.5 Å². The molecule has 0 spiro atoms. The highest BCUT2D eigenvalue weighted by Gasteiger charge is 2.27. The van der Waals surface area contributed by atoms with Gasteiger partial charge in [-0.25, -0.2) is 14.4 Å². The molecule has 308 valence electrons. The molecular weight excluding hydrogens is 734 g/mol. The van der Waals surface area contributed by atoms with E-state index in [1.54, 1.807) is 91.0 Å². The molecule has 2 amide bonds. The number of unbranched alkanes of at least 4 members (excludes halogenated alkanes) is 2. The summed E-state index contributed by atoms with van der Waals surface area (Å²) in [7, 11) is 1.34. The topological polar surface area (TPSA) is 199 Å². The first kappa shape index (κ1) is 45.7. The molecule has 57 heavy (non-hydrogen) atoms. The Labute approximate surface area is 333 Å². The summed E-state index contributed by atoms with van der Waals surface area (Å²) in [6.07, 6.45) is 3.34. The predicted molar refractivity (Wildman–Crippen MR) is 211 cm³/mol. The first-order chi connectivity index (χ1) is 27.6. The van der Waals surface area contributed by atoms with Gasteiger partial charge < -0.3 is 29.9 Å². The summed E-state index contributed by atoms with van der Waals surface area (Å²) in [4.78, 5) is 91.9. The van der Waals surface area contributed by atoms with Crippen molar-refractivity contribution in [3.05, 3.63) is 108 Å². The van der Waals surface area contributed by atoms with Crippen molar-refractivity contribution in [3.8, 4) is 0 Å².